The molecule has 0 aliphatic carbocycles. The molecule has 0 spiro atoms. The van der Waals surface area contributed by atoms with Gasteiger partial charge in [0.25, 0.3) is 0 Å². The number of halogens is 5. The molecule has 210 valence electrons. The largest absolute Gasteiger partial charge is 0.488 e. The van der Waals surface area contributed by atoms with E-state index in [0.717, 1.165) is 22.9 Å². The molecule has 0 radical (unpaired) electrons. The highest BCUT2D eigenvalue weighted by Gasteiger charge is 2.35. The molecular weight excluding hydrogens is 556 g/mol. The average Bonchev–Trinajstić information content (AvgIpc) is 3.45. The first-order valence-electron chi connectivity index (χ1n) is 13.0. The van der Waals surface area contributed by atoms with Crippen LogP contribution in [0.15, 0.2) is 78.9 Å². The Bertz CT molecular complexity index is 1780. The maximum Gasteiger partial charge on any atom is 0.418 e. The summed E-state index contributed by atoms with van der Waals surface area (Å²) in [7, 11) is 0. The lowest BCUT2D eigenvalue weighted by Gasteiger charge is -2.15. The molecule has 1 aliphatic heterocycles. The van der Waals surface area contributed by atoms with Crippen LogP contribution in [-0.4, -0.2) is 16.4 Å². The number of ether oxygens (including phenoxy) is 2. The molecule has 0 N–H and O–H groups in total. The molecule has 41 heavy (non-hydrogen) atoms. The Hall–Kier alpha value is -4.04. The van der Waals surface area contributed by atoms with Gasteiger partial charge in [0.1, 0.15) is 17.9 Å². The predicted molar refractivity (Wildman–Crippen MR) is 150 cm³/mol. The van der Waals surface area contributed by atoms with E-state index in [4.69, 9.17) is 21.1 Å². The van der Waals surface area contributed by atoms with Crippen molar-refractivity contribution < 1.29 is 27.0 Å². The lowest BCUT2D eigenvalue weighted by Crippen LogP contribution is -2.18. The van der Waals surface area contributed by atoms with E-state index in [9.17, 15) is 17.6 Å². The number of para-hydroxylation sites is 1. The van der Waals surface area contributed by atoms with Gasteiger partial charge in [0.2, 0.25) is 0 Å². The summed E-state index contributed by atoms with van der Waals surface area (Å²) in [6, 6.07) is 21.3. The van der Waals surface area contributed by atoms with Gasteiger partial charge in [-0.15, -0.1) is 0 Å². The fourth-order valence-corrected chi connectivity index (χ4v) is 5.38. The van der Waals surface area contributed by atoms with Crippen molar-refractivity contribution in [2.24, 2.45) is 0 Å². The van der Waals surface area contributed by atoms with Crippen LogP contribution in [0.2, 0.25) is 5.02 Å². The minimum atomic E-state index is -4.61. The van der Waals surface area contributed by atoms with Gasteiger partial charge in [0.05, 0.1) is 24.4 Å². The zero-order valence-corrected chi connectivity index (χ0v) is 23.0. The second kappa shape index (κ2) is 10.1. The Balaban J connectivity index is 1.40. The van der Waals surface area contributed by atoms with E-state index in [1.54, 1.807) is 12.1 Å². The molecule has 6 rings (SSSR count). The highest BCUT2D eigenvalue weighted by atomic mass is 35.5. The number of nitrogens with zero attached hydrogens (tertiary/aromatic N) is 2. The van der Waals surface area contributed by atoms with Gasteiger partial charge in [0.15, 0.2) is 11.5 Å². The van der Waals surface area contributed by atoms with Crippen LogP contribution in [0.5, 0.6) is 11.5 Å². The highest BCUT2D eigenvalue weighted by Crippen LogP contribution is 2.44. The van der Waals surface area contributed by atoms with Crippen molar-refractivity contribution in [2.45, 2.75) is 38.6 Å². The van der Waals surface area contributed by atoms with Gasteiger partial charge in [-0.2, -0.15) is 18.3 Å². The van der Waals surface area contributed by atoms with Crippen LogP contribution >= 0.6 is 11.6 Å². The van der Waals surface area contributed by atoms with Crippen LogP contribution in [-0.2, 0) is 24.7 Å². The number of aromatic nitrogens is 2. The third-order valence-electron chi connectivity index (χ3n) is 7.29. The van der Waals surface area contributed by atoms with Crippen molar-refractivity contribution in [3.8, 4) is 22.8 Å². The van der Waals surface area contributed by atoms with Gasteiger partial charge in [-0.05, 0) is 35.9 Å². The van der Waals surface area contributed by atoms with E-state index in [-0.39, 0.29) is 34.7 Å². The van der Waals surface area contributed by atoms with E-state index in [1.165, 1.54) is 28.9 Å². The molecule has 4 nitrogen and oxygen atoms in total. The van der Waals surface area contributed by atoms with E-state index >= 15 is 0 Å². The summed E-state index contributed by atoms with van der Waals surface area (Å²) < 4.78 is 70.0. The first-order valence-corrected chi connectivity index (χ1v) is 13.4. The highest BCUT2D eigenvalue weighted by molar-refractivity contribution is 6.30. The minimum absolute atomic E-state index is 0.0890. The van der Waals surface area contributed by atoms with Crippen molar-refractivity contribution in [1.82, 2.24) is 9.78 Å². The van der Waals surface area contributed by atoms with Crippen LogP contribution in [0.4, 0.5) is 17.6 Å². The summed E-state index contributed by atoms with van der Waals surface area (Å²) in [5, 5.41) is 4.87. The Morgan fingerprint density at radius 2 is 1.78 bits per heavy atom. The molecule has 1 aliphatic rings. The molecule has 0 atom stereocenters. The van der Waals surface area contributed by atoms with Gasteiger partial charge >= 0.3 is 6.18 Å². The Kier molecular flexibility index (Phi) is 6.69. The molecule has 0 unspecified atom stereocenters. The minimum Gasteiger partial charge on any atom is -0.488 e. The van der Waals surface area contributed by atoms with Gasteiger partial charge in [0, 0.05) is 32.5 Å². The van der Waals surface area contributed by atoms with Gasteiger partial charge < -0.3 is 9.47 Å². The molecule has 1 aromatic heterocycles. The Labute approximate surface area is 239 Å². The van der Waals surface area contributed by atoms with Gasteiger partial charge in [-0.1, -0.05) is 74.0 Å². The zero-order chi connectivity index (χ0) is 28.9. The number of rotatable bonds is 6. The molecular formula is C32H25ClF4N2O2. The van der Waals surface area contributed by atoms with Crippen LogP contribution in [0.3, 0.4) is 0 Å². The molecule has 5 aromatic rings. The molecule has 0 amide bonds. The van der Waals surface area contributed by atoms with Crippen molar-refractivity contribution >= 4 is 22.5 Å². The van der Waals surface area contributed by atoms with Crippen molar-refractivity contribution in [2.75, 3.05) is 6.61 Å². The molecule has 9 heteroatoms. The molecule has 4 aromatic carbocycles. The summed E-state index contributed by atoms with van der Waals surface area (Å²) in [5.74, 6) is 0.784. The quantitative estimate of drug-likeness (QED) is 0.188. The zero-order valence-electron chi connectivity index (χ0n) is 22.2. The third-order valence-corrected chi connectivity index (χ3v) is 7.53. The van der Waals surface area contributed by atoms with Crippen molar-refractivity contribution in [3.05, 3.63) is 112 Å². The van der Waals surface area contributed by atoms with Crippen molar-refractivity contribution in [3.63, 3.8) is 0 Å². The van der Waals surface area contributed by atoms with Crippen LogP contribution < -0.4 is 9.47 Å². The summed E-state index contributed by atoms with van der Waals surface area (Å²) in [5.41, 5.74) is 2.00. The number of benzene rings is 4. The summed E-state index contributed by atoms with van der Waals surface area (Å²) in [4.78, 5) is 0. The fourth-order valence-electron chi connectivity index (χ4n) is 5.22. The van der Waals surface area contributed by atoms with Gasteiger partial charge in [-0.25, -0.2) is 4.39 Å². The lowest BCUT2D eigenvalue weighted by molar-refractivity contribution is -0.136. The Morgan fingerprint density at radius 1 is 1.00 bits per heavy atom. The van der Waals surface area contributed by atoms with E-state index in [1.807, 2.05) is 36.4 Å². The summed E-state index contributed by atoms with van der Waals surface area (Å²) in [6.07, 6.45) is -4.61. The van der Waals surface area contributed by atoms with E-state index in [0.29, 0.717) is 29.0 Å². The fraction of sp³-hybridized carbons (Fsp3) is 0.219. The normalized spacial score (nSPS) is 14.2. The second-order valence-corrected chi connectivity index (χ2v) is 11.2. The van der Waals surface area contributed by atoms with Crippen LogP contribution in [0.1, 0.15) is 36.1 Å². The summed E-state index contributed by atoms with van der Waals surface area (Å²) >= 11 is 5.91. The SMILES string of the molecule is CC1(C)COc2c(OCc3cccc(-c4c5cccc(C(F)(F)F)c5nn4Cc4ccc(Cl)cc4F)c3)cccc21. The third kappa shape index (κ3) is 5.12. The number of alkyl halides is 3. The van der Waals surface area contributed by atoms with E-state index in [2.05, 4.69) is 18.9 Å². The van der Waals surface area contributed by atoms with Crippen LogP contribution in [0.25, 0.3) is 22.2 Å². The molecule has 0 fully saturated rings. The predicted octanol–water partition coefficient (Wildman–Crippen LogP) is 8.81. The second-order valence-electron chi connectivity index (χ2n) is 10.7. The number of hydrogen-bond donors (Lipinski definition) is 0. The lowest BCUT2D eigenvalue weighted by atomic mass is 9.87. The smallest absolute Gasteiger partial charge is 0.418 e. The molecule has 0 saturated heterocycles. The molecule has 2 heterocycles. The number of fused-ring (bicyclic) bond motifs is 2. The monoisotopic (exact) mass is 580 g/mol. The summed E-state index contributed by atoms with van der Waals surface area (Å²) in [6.45, 7) is 4.90. The maximum atomic E-state index is 14.7. The molecule has 0 bridgehead atoms. The maximum absolute atomic E-state index is 14.7. The van der Waals surface area contributed by atoms with E-state index < -0.39 is 17.6 Å². The van der Waals surface area contributed by atoms with Crippen LogP contribution in [0, 0.1) is 5.82 Å². The first kappa shape index (κ1) is 27.1. The number of hydrogen-bond acceptors (Lipinski definition) is 3. The van der Waals surface area contributed by atoms with Gasteiger partial charge in [-0.3, -0.25) is 4.68 Å². The topological polar surface area (TPSA) is 36.3 Å². The standard InChI is InChI=1S/C32H25ClF4N2O2/c1-31(2)18-41-30-25(31)10-5-11-27(30)40-17-19-6-3-7-20(14-19)29-23-8-4-9-24(32(35,36)37)28(23)38-39(29)16-21-12-13-22(33)15-26(21)34/h3-15H,16-18H2,1-2H3. The average molecular weight is 581 g/mol. The first-order chi connectivity index (χ1) is 19.5. The van der Waals surface area contributed by atoms with Crippen molar-refractivity contribution in [1.29, 1.82) is 0 Å². The Morgan fingerprint density at radius 3 is 2.56 bits per heavy atom. The molecule has 0 saturated carbocycles.